The van der Waals surface area contributed by atoms with Crippen LogP contribution in [0.4, 0.5) is 0 Å². The lowest BCUT2D eigenvalue weighted by atomic mass is 10.1. The summed E-state index contributed by atoms with van der Waals surface area (Å²) in [6, 6.07) is 11.0. The molecule has 0 aliphatic heterocycles. The van der Waals surface area contributed by atoms with Gasteiger partial charge in [0, 0.05) is 18.0 Å². The average molecular weight is 325 g/mol. The predicted molar refractivity (Wildman–Crippen MR) is 95.3 cm³/mol. The van der Waals surface area contributed by atoms with Gasteiger partial charge in [-0.15, -0.1) is 0 Å². The van der Waals surface area contributed by atoms with Crippen molar-refractivity contribution in [3.05, 3.63) is 59.9 Å². The number of carbonyl (C=O) groups is 1. The molecule has 5 heteroatoms. The number of amides is 1. The summed E-state index contributed by atoms with van der Waals surface area (Å²) < 4.78 is 5.69. The number of nitrogens with zero attached hydrogens (tertiary/aromatic N) is 2. The van der Waals surface area contributed by atoms with Crippen molar-refractivity contribution in [2.75, 3.05) is 6.61 Å². The van der Waals surface area contributed by atoms with Crippen LogP contribution in [-0.2, 0) is 0 Å². The zero-order valence-corrected chi connectivity index (χ0v) is 14.3. The summed E-state index contributed by atoms with van der Waals surface area (Å²) >= 11 is 0. The molecule has 1 aromatic carbocycles. The van der Waals surface area contributed by atoms with E-state index in [4.69, 9.17) is 4.74 Å². The topological polar surface area (TPSA) is 63.6 Å². The Kier molecular flexibility index (Phi) is 6.49. The first-order valence-electron chi connectivity index (χ1n) is 8.04. The molecule has 0 aliphatic carbocycles. The maximum absolute atomic E-state index is 11.9. The van der Waals surface area contributed by atoms with Crippen molar-refractivity contribution in [2.24, 2.45) is 11.0 Å². The van der Waals surface area contributed by atoms with Crippen LogP contribution < -0.4 is 10.2 Å². The molecule has 1 N–H and O–H groups in total. The van der Waals surface area contributed by atoms with Crippen LogP contribution in [0.15, 0.2) is 53.9 Å². The quantitative estimate of drug-likeness (QED) is 0.624. The summed E-state index contributed by atoms with van der Waals surface area (Å²) in [5, 5.41) is 4.14. The number of ether oxygens (including phenoxy) is 1. The van der Waals surface area contributed by atoms with Gasteiger partial charge in [-0.2, -0.15) is 5.10 Å². The summed E-state index contributed by atoms with van der Waals surface area (Å²) in [6.45, 7) is 6.91. The standard InChI is InChI=1S/C19H23N3O2/c1-14(2)10-13-24-18-6-4-16(5-7-18)15(3)21-22-19(23)17-8-11-20-12-9-17/h4-9,11-12,14H,10,13H2,1-3H3,(H,22,23)/b21-15-. The Morgan fingerprint density at radius 3 is 2.42 bits per heavy atom. The fourth-order valence-corrected chi connectivity index (χ4v) is 1.97. The highest BCUT2D eigenvalue weighted by atomic mass is 16.5. The van der Waals surface area contributed by atoms with Crippen molar-refractivity contribution >= 4 is 11.6 Å². The highest BCUT2D eigenvalue weighted by molar-refractivity contribution is 6.00. The van der Waals surface area contributed by atoms with Gasteiger partial charge in [0.15, 0.2) is 0 Å². The number of hydrazone groups is 1. The van der Waals surface area contributed by atoms with Gasteiger partial charge in [-0.1, -0.05) is 13.8 Å². The molecule has 2 rings (SSSR count). The Balaban J connectivity index is 1.92. The number of pyridine rings is 1. The van der Waals surface area contributed by atoms with Crippen LogP contribution in [0.3, 0.4) is 0 Å². The molecule has 0 unspecified atom stereocenters. The zero-order chi connectivity index (χ0) is 17.4. The first-order valence-corrected chi connectivity index (χ1v) is 8.04. The molecule has 2 aromatic rings. The van der Waals surface area contributed by atoms with E-state index >= 15 is 0 Å². The van der Waals surface area contributed by atoms with Gasteiger partial charge in [-0.25, -0.2) is 5.43 Å². The van der Waals surface area contributed by atoms with Gasteiger partial charge in [0.2, 0.25) is 0 Å². The third-order valence-corrected chi connectivity index (χ3v) is 3.50. The van der Waals surface area contributed by atoms with E-state index in [1.54, 1.807) is 24.5 Å². The van der Waals surface area contributed by atoms with Crippen LogP contribution in [0.5, 0.6) is 5.75 Å². The lowest BCUT2D eigenvalue weighted by Gasteiger charge is -2.09. The number of benzene rings is 1. The smallest absolute Gasteiger partial charge is 0.271 e. The number of aromatic nitrogens is 1. The Labute approximate surface area is 142 Å². The minimum Gasteiger partial charge on any atom is -0.494 e. The molecule has 0 aliphatic rings. The lowest BCUT2D eigenvalue weighted by Crippen LogP contribution is -2.19. The molecular formula is C19H23N3O2. The molecule has 1 aromatic heterocycles. The maximum Gasteiger partial charge on any atom is 0.271 e. The molecule has 24 heavy (non-hydrogen) atoms. The molecule has 0 spiro atoms. The minimum absolute atomic E-state index is 0.259. The third-order valence-electron chi connectivity index (χ3n) is 3.50. The largest absolute Gasteiger partial charge is 0.494 e. The molecular weight excluding hydrogens is 302 g/mol. The van der Waals surface area contributed by atoms with E-state index in [9.17, 15) is 4.79 Å². The van der Waals surface area contributed by atoms with Crippen molar-refractivity contribution < 1.29 is 9.53 Å². The van der Waals surface area contributed by atoms with Crippen LogP contribution in [0.1, 0.15) is 43.1 Å². The highest BCUT2D eigenvalue weighted by Gasteiger charge is 2.04. The second-order valence-corrected chi connectivity index (χ2v) is 5.93. The van der Waals surface area contributed by atoms with E-state index in [-0.39, 0.29) is 5.91 Å². The molecule has 0 saturated carbocycles. The van der Waals surface area contributed by atoms with Crippen LogP contribution in [-0.4, -0.2) is 23.2 Å². The molecule has 5 nitrogen and oxygen atoms in total. The van der Waals surface area contributed by atoms with Crippen molar-refractivity contribution in [1.29, 1.82) is 0 Å². The highest BCUT2D eigenvalue weighted by Crippen LogP contribution is 2.14. The predicted octanol–water partition coefficient (Wildman–Crippen LogP) is 3.66. The second-order valence-electron chi connectivity index (χ2n) is 5.93. The SMILES string of the molecule is C/C(=N/NC(=O)c1ccncc1)c1ccc(OCCC(C)C)cc1. The van der Waals surface area contributed by atoms with Gasteiger partial charge in [0.25, 0.3) is 5.91 Å². The molecule has 0 atom stereocenters. The Bertz CT molecular complexity index is 680. The number of rotatable bonds is 7. The summed E-state index contributed by atoms with van der Waals surface area (Å²) in [7, 11) is 0. The maximum atomic E-state index is 11.9. The van der Waals surface area contributed by atoms with Crippen molar-refractivity contribution in [1.82, 2.24) is 10.4 Å². The Morgan fingerprint density at radius 1 is 1.12 bits per heavy atom. The molecule has 1 amide bonds. The van der Waals surface area contributed by atoms with E-state index in [1.165, 1.54) is 0 Å². The van der Waals surface area contributed by atoms with E-state index in [0.717, 1.165) is 23.4 Å². The summed E-state index contributed by atoms with van der Waals surface area (Å²) in [5.41, 5.74) is 4.73. The minimum atomic E-state index is -0.259. The number of hydrogen-bond donors (Lipinski definition) is 1. The van der Waals surface area contributed by atoms with Gasteiger partial charge in [-0.3, -0.25) is 9.78 Å². The summed E-state index contributed by atoms with van der Waals surface area (Å²) in [6.07, 6.45) is 4.18. The van der Waals surface area contributed by atoms with Crippen molar-refractivity contribution in [3.8, 4) is 5.75 Å². The number of nitrogens with one attached hydrogen (secondary N) is 1. The molecule has 0 saturated heterocycles. The Hall–Kier alpha value is -2.69. The summed E-state index contributed by atoms with van der Waals surface area (Å²) in [4.78, 5) is 15.8. The van der Waals surface area contributed by atoms with Gasteiger partial charge >= 0.3 is 0 Å². The van der Waals surface area contributed by atoms with E-state index in [2.05, 4.69) is 29.4 Å². The zero-order valence-electron chi connectivity index (χ0n) is 14.3. The van der Waals surface area contributed by atoms with Crippen LogP contribution in [0.2, 0.25) is 0 Å². The summed E-state index contributed by atoms with van der Waals surface area (Å²) in [5.74, 6) is 1.21. The lowest BCUT2D eigenvalue weighted by molar-refractivity contribution is 0.0954. The van der Waals surface area contributed by atoms with Crippen molar-refractivity contribution in [3.63, 3.8) is 0 Å². The molecule has 0 radical (unpaired) electrons. The van der Waals surface area contributed by atoms with Gasteiger partial charge in [0.1, 0.15) is 5.75 Å². The van der Waals surface area contributed by atoms with Crippen LogP contribution >= 0.6 is 0 Å². The van der Waals surface area contributed by atoms with Gasteiger partial charge in [0.05, 0.1) is 12.3 Å². The monoisotopic (exact) mass is 325 g/mol. The average Bonchev–Trinajstić information content (AvgIpc) is 2.60. The van der Waals surface area contributed by atoms with Crippen LogP contribution in [0, 0.1) is 5.92 Å². The fraction of sp³-hybridized carbons (Fsp3) is 0.316. The number of carbonyl (C=O) groups excluding carboxylic acids is 1. The van der Waals surface area contributed by atoms with E-state index in [0.29, 0.717) is 18.1 Å². The first kappa shape index (κ1) is 17.7. The molecule has 0 bridgehead atoms. The second kappa shape index (κ2) is 8.82. The van der Waals surface area contributed by atoms with Gasteiger partial charge < -0.3 is 4.74 Å². The Morgan fingerprint density at radius 2 is 1.79 bits per heavy atom. The van der Waals surface area contributed by atoms with Crippen LogP contribution in [0.25, 0.3) is 0 Å². The molecule has 1 heterocycles. The third kappa shape index (κ3) is 5.50. The van der Waals surface area contributed by atoms with E-state index < -0.39 is 0 Å². The van der Waals surface area contributed by atoms with E-state index in [1.807, 2.05) is 31.2 Å². The van der Waals surface area contributed by atoms with Gasteiger partial charge in [-0.05, 0) is 61.2 Å². The fourth-order valence-electron chi connectivity index (χ4n) is 1.97. The number of hydrogen-bond acceptors (Lipinski definition) is 4. The normalized spacial score (nSPS) is 11.4. The molecule has 0 fully saturated rings. The van der Waals surface area contributed by atoms with Crippen molar-refractivity contribution in [2.45, 2.75) is 27.2 Å². The molecule has 126 valence electrons. The first-order chi connectivity index (χ1) is 11.6.